The van der Waals surface area contributed by atoms with E-state index in [4.69, 9.17) is 0 Å². The van der Waals surface area contributed by atoms with Crippen molar-refractivity contribution in [3.05, 3.63) is 47.5 Å². The van der Waals surface area contributed by atoms with Gasteiger partial charge in [-0.1, -0.05) is 42.0 Å². The highest BCUT2D eigenvalue weighted by Crippen LogP contribution is 2.23. The fraction of sp³-hybridized carbons (Fsp3) is 0.565. The van der Waals surface area contributed by atoms with E-state index in [1.807, 2.05) is 37.3 Å². The van der Waals surface area contributed by atoms with Crippen LogP contribution in [0.15, 0.2) is 42.0 Å². The molecular weight excluding hydrogens is 336 g/mol. The second-order valence-corrected chi connectivity index (χ2v) is 7.87. The lowest BCUT2D eigenvalue weighted by molar-refractivity contribution is -0.126. The van der Waals surface area contributed by atoms with Crippen LogP contribution in [0.1, 0.15) is 62.2 Å². The second kappa shape index (κ2) is 9.84. The maximum Gasteiger partial charge on any atom is 0.237 e. The van der Waals surface area contributed by atoms with E-state index in [1.54, 1.807) is 0 Å². The standard InChI is InChI=1S/C23H32N2O2/c1-18(23(27)24-15-12-19-8-4-2-5-9-19)25-16-13-21(14-17-25)22(26)20-10-6-3-7-11-20/h3,6-8,10-11,18,21H,2,4-5,9,12-17H2,1H3,(H,24,27). The lowest BCUT2D eigenvalue weighted by atomic mass is 9.88. The van der Waals surface area contributed by atoms with E-state index in [9.17, 15) is 9.59 Å². The van der Waals surface area contributed by atoms with Crippen LogP contribution in [0.2, 0.25) is 0 Å². The first kappa shape index (κ1) is 19.8. The summed E-state index contributed by atoms with van der Waals surface area (Å²) >= 11 is 0. The zero-order valence-electron chi connectivity index (χ0n) is 16.5. The molecule has 1 fully saturated rings. The number of Topliss-reactive ketones (excluding diaryl/α,β-unsaturated/α-hetero) is 1. The van der Waals surface area contributed by atoms with Crippen LogP contribution in [0.5, 0.6) is 0 Å². The number of amides is 1. The summed E-state index contributed by atoms with van der Waals surface area (Å²) < 4.78 is 0. The molecule has 1 unspecified atom stereocenters. The lowest BCUT2D eigenvalue weighted by Crippen LogP contribution is -2.49. The average molecular weight is 369 g/mol. The molecule has 27 heavy (non-hydrogen) atoms. The zero-order chi connectivity index (χ0) is 19.1. The number of nitrogens with one attached hydrogen (secondary N) is 1. The quantitative estimate of drug-likeness (QED) is 0.585. The van der Waals surface area contributed by atoms with Gasteiger partial charge in [0.15, 0.2) is 5.78 Å². The molecule has 1 N–H and O–H groups in total. The summed E-state index contributed by atoms with van der Waals surface area (Å²) in [6.45, 7) is 4.33. The molecule has 0 saturated carbocycles. The predicted octanol–water partition coefficient (Wildman–Crippen LogP) is 3.98. The van der Waals surface area contributed by atoms with Crippen molar-refractivity contribution in [3.8, 4) is 0 Å². The van der Waals surface area contributed by atoms with Crippen molar-refractivity contribution in [2.75, 3.05) is 19.6 Å². The van der Waals surface area contributed by atoms with Crippen molar-refractivity contribution in [3.63, 3.8) is 0 Å². The molecule has 1 saturated heterocycles. The Morgan fingerprint density at radius 1 is 1.15 bits per heavy atom. The van der Waals surface area contributed by atoms with Gasteiger partial charge in [-0.2, -0.15) is 0 Å². The molecule has 0 aromatic heterocycles. The SMILES string of the molecule is CC(C(=O)NCCC1=CCCCC1)N1CCC(C(=O)c2ccccc2)CC1. The molecule has 0 spiro atoms. The summed E-state index contributed by atoms with van der Waals surface area (Å²) in [4.78, 5) is 27.3. The second-order valence-electron chi connectivity index (χ2n) is 7.87. The van der Waals surface area contributed by atoms with Crippen LogP contribution in [0.25, 0.3) is 0 Å². The Hall–Kier alpha value is -1.94. The Kier molecular flexibility index (Phi) is 7.22. The van der Waals surface area contributed by atoms with Crippen molar-refractivity contribution < 1.29 is 9.59 Å². The van der Waals surface area contributed by atoms with E-state index in [0.29, 0.717) is 0 Å². The number of hydrogen-bond acceptors (Lipinski definition) is 3. The minimum Gasteiger partial charge on any atom is -0.354 e. The van der Waals surface area contributed by atoms with Gasteiger partial charge in [-0.25, -0.2) is 0 Å². The first-order chi connectivity index (χ1) is 13.1. The van der Waals surface area contributed by atoms with E-state index in [1.165, 1.54) is 31.3 Å². The molecule has 2 aliphatic rings. The summed E-state index contributed by atoms with van der Waals surface area (Å²) in [6, 6.07) is 9.43. The van der Waals surface area contributed by atoms with Crippen LogP contribution in [0, 0.1) is 5.92 Å². The van der Waals surface area contributed by atoms with Crippen LogP contribution in [-0.2, 0) is 4.79 Å². The molecule has 1 aliphatic carbocycles. The van der Waals surface area contributed by atoms with Crippen LogP contribution in [-0.4, -0.2) is 42.3 Å². The molecule has 0 bridgehead atoms. The zero-order valence-corrected chi connectivity index (χ0v) is 16.5. The molecule has 0 radical (unpaired) electrons. The van der Waals surface area contributed by atoms with Gasteiger partial charge in [0.25, 0.3) is 0 Å². The van der Waals surface area contributed by atoms with Gasteiger partial charge in [0.05, 0.1) is 6.04 Å². The van der Waals surface area contributed by atoms with Gasteiger partial charge >= 0.3 is 0 Å². The van der Waals surface area contributed by atoms with Crippen molar-refractivity contribution in [1.82, 2.24) is 10.2 Å². The van der Waals surface area contributed by atoms with Gasteiger partial charge in [-0.15, -0.1) is 0 Å². The fourth-order valence-corrected chi connectivity index (χ4v) is 4.18. The molecular formula is C23H32N2O2. The minimum atomic E-state index is -0.127. The van der Waals surface area contributed by atoms with Crippen LogP contribution < -0.4 is 5.32 Å². The highest BCUT2D eigenvalue weighted by atomic mass is 16.2. The Morgan fingerprint density at radius 3 is 2.56 bits per heavy atom. The Labute approximate surface area is 163 Å². The topological polar surface area (TPSA) is 49.4 Å². The van der Waals surface area contributed by atoms with Crippen LogP contribution in [0.3, 0.4) is 0 Å². The summed E-state index contributed by atoms with van der Waals surface area (Å²) in [5.41, 5.74) is 2.30. The lowest BCUT2D eigenvalue weighted by Gasteiger charge is -2.34. The summed E-state index contributed by atoms with van der Waals surface area (Å²) in [5.74, 6) is 0.435. The monoisotopic (exact) mass is 368 g/mol. The third-order valence-electron chi connectivity index (χ3n) is 6.02. The van der Waals surface area contributed by atoms with Crippen molar-refractivity contribution >= 4 is 11.7 Å². The van der Waals surface area contributed by atoms with Gasteiger partial charge in [-0.3, -0.25) is 14.5 Å². The number of allylic oxidation sites excluding steroid dienone is 1. The molecule has 1 aromatic rings. The first-order valence-corrected chi connectivity index (χ1v) is 10.4. The van der Waals surface area contributed by atoms with Gasteiger partial charge in [-0.05, 0) is 65.0 Å². The fourth-order valence-electron chi connectivity index (χ4n) is 4.18. The average Bonchev–Trinajstić information content (AvgIpc) is 2.74. The van der Waals surface area contributed by atoms with Gasteiger partial charge < -0.3 is 5.32 Å². The number of hydrogen-bond donors (Lipinski definition) is 1. The minimum absolute atomic E-state index is 0.0807. The van der Waals surface area contributed by atoms with Crippen LogP contribution >= 0.6 is 0 Å². The summed E-state index contributed by atoms with van der Waals surface area (Å²) in [7, 11) is 0. The first-order valence-electron chi connectivity index (χ1n) is 10.4. The molecule has 1 heterocycles. The van der Waals surface area contributed by atoms with Gasteiger partial charge in [0.2, 0.25) is 5.91 Å². The Balaban J connectivity index is 1.41. The Morgan fingerprint density at radius 2 is 1.89 bits per heavy atom. The van der Waals surface area contributed by atoms with Crippen molar-refractivity contribution in [1.29, 1.82) is 0 Å². The molecule has 1 aliphatic heterocycles. The van der Waals surface area contributed by atoms with Crippen LogP contribution in [0.4, 0.5) is 0 Å². The summed E-state index contributed by atoms with van der Waals surface area (Å²) in [6.07, 6.45) is 9.95. The molecule has 1 amide bonds. The third kappa shape index (κ3) is 5.52. The smallest absolute Gasteiger partial charge is 0.237 e. The number of carbonyl (C=O) groups excluding carboxylic acids is 2. The number of carbonyl (C=O) groups is 2. The Bertz CT molecular complexity index is 660. The maximum atomic E-state index is 12.6. The van der Waals surface area contributed by atoms with Gasteiger partial charge in [0.1, 0.15) is 0 Å². The molecule has 3 rings (SSSR count). The van der Waals surface area contributed by atoms with E-state index in [0.717, 1.165) is 44.5 Å². The number of rotatable bonds is 7. The van der Waals surface area contributed by atoms with Gasteiger partial charge in [0, 0.05) is 18.0 Å². The van der Waals surface area contributed by atoms with Crippen molar-refractivity contribution in [2.45, 2.75) is 57.9 Å². The third-order valence-corrected chi connectivity index (χ3v) is 6.02. The molecule has 146 valence electrons. The number of piperidine rings is 1. The maximum absolute atomic E-state index is 12.6. The number of likely N-dealkylation sites (tertiary alicyclic amines) is 1. The highest BCUT2D eigenvalue weighted by Gasteiger charge is 2.30. The molecule has 1 atom stereocenters. The van der Waals surface area contributed by atoms with E-state index < -0.39 is 0 Å². The normalized spacial score (nSPS) is 20.0. The molecule has 1 aromatic carbocycles. The van der Waals surface area contributed by atoms with E-state index >= 15 is 0 Å². The number of benzene rings is 1. The summed E-state index contributed by atoms with van der Waals surface area (Å²) in [5, 5.41) is 3.10. The largest absolute Gasteiger partial charge is 0.354 e. The van der Waals surface area contributed by atoms with Crippen molar-refractivity contribution in [2.24, 2.45) is 5.92 Å². The number of ketones is 1. The van der Waals surface area contributed by atoms with E-state index in [2.05, 4.69) is 16.3 Å². The molecule has 4 heteroatoms. The predicted molar refractivity (Wildman–Crippen MR) is 109 cm³/mol. The number of nitrogens with zero attached hydrogens (tertiary/aromatic N) is 1. The van der Waals surface area contributed by atoms with E-state index in [-0.39, 0.29) is 23.7 Å². The molecule has 4 nitrogen and oxygen atoms in total. The highest BCUT2D eigenvalue weighted by molar-refractivity contribution is 5.97.